The fourth-order valence-corrected chi connectivity index (χ4v) is 1.28. The molecule has 0 aliphatic heterocycles. The summed E-state index contributed by atoms with van der Waals surface area (Å²) in [6, 6.07) is 0. The zero-order valence-electron chi connectivity index (χ0n) is 8.73. The first-order valence-electron chi connectivity index (χ1n) is 4.21. The number of aromatic amines is 1. The van der Waals surface area contributed by atoms with Gasteiger partial charge in [0.05, 0.1) is 5.38 Å². The van der Waals surface area contributed by atoms with Gasteiger partial charge in [0.1, 0.15) is 6.54 Å². The molecule has 114 valence electrons. The van der Waals surface area contributed by atoms with Crippen molar-refractivity contribution in [1.29, 1.82) is 0 Å². The molecule has 13 heteroatoms. The Morgan fingerprint density at radius 2 is 1.84 bits per heavy atom. The van der Waals surface area contributed by atoms with Gasteiger partial charge in [0.2, 0.25) is 0 Å². The maximum absolute atomic E-state index is 12.1. The van der Waals surface area contributed by atoms with E-state index in [1.807, 2.05) is 5.38 Å². The van der Waals surface area contributed by atoms with Gasteiger partial charge in [-0.15, -0.1) is 0 Å². The van der Waals surface area contributed by atoms with Gasteiger partial charge in [-0.3, -0.25) is 4.79 Å². The molecule has 3 nitrogen and oxygen atoms in total. The van der Waals surface area contributed by atoms with E-state index in [0.717, 1.165) is 5.01 Å². The van der Waals surface area contributed by atoms with Gasteiger partial charge in [-0.05, 0) is 0 Å². The first-order chi connectivity index (χ1) is 8.15. The van der Waals surface area contributed by atoms with Crippen LogP contribution in [0.5, 0.6) is 0 Å². The van der Waals surface area contributed by atoms with E-state index in [9.17, 15) is 34.4 Å². The average molecular weight is 355 g/mol. The van der Waals surface area contributed by atoms with E-state index in [1.165, 1.54) is 11.3 Å². The summed E-state index contributed by atoms with van der Waals surface area (Å²) in [4.78, 5) is 13.5. The van der Waals surface area contributed by atoms with E-state index < -0.39 is 19.3 Å². The second-order valence-corrected chi connectivity index (χ2v) is 6.27. The summed E-state index contributed by atoms with van der Waals surface area (Å²) in [5, 5.41) is 4.99. The Hall–Kier alpha value is -0.670. The van der Waals surface area contributed by atoms with Crippen LogP contribution in [0.1, 0.15) is 5.01 Å². The predicted octanol–water partition coefficient (Wildman–Crippen LogP) is 4.10. The summed E-state index contributed by atoms with van der Waals surface area (Å²) >= 11 is 6.32. The van der Waals surface area contributed by atoms with Gasteiger partial charge in [-0.2, -0.15) is 0 Å². The molecule has 1 heterocycles. The monoisotopic (exact) mass is 354 g/mol. The van der Waals surface area contributed by atoms with Gasteiger partial charge < -0.3 is 5.32 Å². The second-order valence-electron chi connectivity index (χ2n) is 2.96. The summed E-state index contributed by atoms with van der Waals surface area (Å²) in [6.07, 6.45) is 1.74. The zero-order valence-corrected chi connectivity index (χ0v) is 11.2. The molecule has 0 aromatic carbocycles. The third-order valence-corrected chi connectivity index (χ3v) is 2.16. The number of thiazole rings is 1. The van der Waals surface area contributed by atoms with Crippen molar-refractivity contribution in [2.24, 2.45) is 0 Å². The molecule has 1 atom stereocenters. The van der Waals surface area contributed by atoms with Crippen molar-refractivity contribution < 1.29 is 39.4 Å². The number of alkyl halides is 2. The predicted molar refractivity (Wildman–Crippen MR) is 57.0 cm³/mol. The number of nitrogens with one attached hydrogen (secondary N) is 2. The van der Waals surface area contributed by atoms with Crippen LogP contribution >= 0.6 is 30.7 Å². The largest absolute Gasteiger partial charge is 0.341 e. The number of carbonyl (C=O) groups is 1. The molecule has 19 heavy (non-hydrogen) atoms. The summed E-state index contributed by atoms with van der Waals surface area (Å²) in [6.45, 7) is 0.281. The van der Waals surface area contributed by atoms with E-state index in [0.29, 0.717) is 0 Å². The minimum Gasteiger partial charge on any atom is -0.341 e. The van der Waals surface area contributed by atoms with Crippen molar-refractivity contribution >= 4 is 36.7 Å². The van der Waals surface area contributed by atoms with Crippen LogP contribution in [0, 0.1) is 0 Å². The van der Waals surface area contributed by atoms with Crippen molar-refractivity contribution in [3.63, 3.8) is 0 Å². The van der Waals surface area contributed by atoms with Crippen molar-refractivity contribution in [1.82, 2.24) is 5.32 Å². The molecule has 0 radical (unpaired) electrons. The third kappa shape index (κ3) is 17.3. The summed E-state index contributed by atoms with van der Waals surface area (Å²) in [5.74, 6) is -0.807. The van der Waals surface area contributed by atoms with Gasteiger partial charge in [0, 0.05) is 0 Å². The minimum atomic E-state index is -10.7. The van der Waals surface area contributed by atoms with E-state index in [1.54, 1.807) is 6.20 Å². The molecule has 2 N–H and O–H groups in total. The number of carbonyl (C=O) groups excluding carboxylic acids is 1. The fraction of sp³-hybridized carbons (Fsp3) is 0.333. The van der Waals surface area contributed by atoms with E-state index in [4.69, 9.17) is 11.6 Å². The number of amides is 1. The van der Waals surface area contributed by atoms with E-state index >= 15 is 0 Å². The first kappa shape index (κ1) is 18.3. The Labute approximate surface area is 111 Å². The Morgan fingerprint density at radius 1 is 1.37 bits per heavy atom. The van der Waals surface area contributed by atoms with Crippen molar-refractivity contribution in [3.8, 4) is 0 Å². The van der Waals surface area contributed by atoms with Crippen LogP contribution in [-0.2, 0) is 11.3 Å². The molecule has 1 aromatic heterocycles. The fourth-order valence-electron chi connectivity index (χ4n) is 0.614. The SMILES string of the molecule is F[P-](F)(F)(F)(F)F.O=C(NCc1[nH+]ccs1)C(F)Cl. The molecule has 0 fully saturated rings. The van der Waals surface area contributed by atoms with Crippen LogP contribution < -0.4 is 10.3 Å². The van der Waals surface area contributed by atoms with Crippen molar-refractivity contribution in [2.45, 2.75) is 12.2 Å². The molecule has 0 aliphatic rings. The minimum absolute atomic E-state index is 0.281. The topological polar surface area (TPSA) is 43.2 Å². The van der Waals surface area contributed by atoms with Gasteiger partial charge in [-0.25, -0.2) is 9.37 Å². The number of hydrogen-bond acceptors (Lipinski definition) is 2. The molecule has 0 aliphatic carbocycles. The molecule has 1 amide bonds. The zero-order chi connectivity index (χ0) is 15.4. The number of aromatic nitrogens is 1. The van der Waals surface area contributed by atoms with Gasteiger partial charge >= 0.3 is 33.0 Å². The van der Waals surface area contributed by atoms with Crippen molar-refractivity contribution in [3.05, 3.63) is 16.6 Å². The van der Waals surface area contributed by atoms with E-state index in [2.05, 4.69) is 10.3 Å². The van der Waals surface area contributed by atoms with Crippen LogP contribution in [0.4, 0.5) is 29.6 Å². The molecule has 0 spiro atoms. The molecular formula is C6H7ClF7N2OPS. The quantitative estimate of drug-likeness (QED) is 0.496. The van der Waals surface area contributed by atoms with Gasteiger partial charge in [0.25, 0.3) is 16.5 Å². The maximum Gasteiger partial charge on any atom is 0.270 e. The van der Waals surface area contributed by atoms with Gasteiger partial charge in [-0.1, -0.05) is 22.9 Å². The summed E-state index contributed by atoms with van der Waals surface area (Å²) in [5.41, 5.74) is -1.97. The Kier molecular flexibility index (Phi) is 5.18. The summed E-state index contributed by atoms with van der Waals surface area (Å²) < 4.78 is 71.3. The Balaban J connectivity index is 0.000000399. The number of hydrogen-bond donors (Lipinski definition) is 1. The second kappa shape index (κ2) is 5.37. The molecule has 1 unspecified atom stereocenters. The van der Waals surface area contributed by atoms with Crippen LogP contribution in [-0.4, -0.2) is 11.5 Å². The van der Waals surface area contributed by atoms with Gasteiger partial charge in [0.15, 0.2) is 6.20 Å². The van der Waals surface area contributed by atoms with Crippen LogP contribution in [0.3, 0.4) is 0 Å². The van der Waals surface area contributed by atoms with Crippen LogP contribution in [0.2, 0.25) is 0 Å². The number of halogens is 8. The average Bonchev–Trinajstić information content (AvgIpc) is 2.60. The standard InChI is InChI=1S/C6H6ClFN2OS.F6P/c7-5(8)6(11)10-3-4-9-1-2-12-4;1-7(2,3,4,5)6/h1-2,5H,3H2,(H,10,11);/q;-1/p+1. The first-order valence-corrected chi connectivity index (χ1v) is 7.56. The molecule has 0 saturated carbocycles. The molecule has 1 rings (SSSR count). The summed E-state index contributed by atoms with van der Waals surface area (Å²) in [7, 11) is -10.7. The Morgan fingerprint density at radius 3 is 2.16 bits per heavy atom. The van der Waals surface area contributed by atoms with E-state index in [-0.39, 0.29) is 6.54 Å². The molecule has 1 aromatic rings. The molecular weight excluding hydrogens is 348 g/mol. The number of rotatable bonds is 3. The third-order valence-electron chi connectivity index (χ3n) is 1.14. The van der Waals surface area contributed by atoms with Crippen LogP contribution in [0.15, 0.2) is 11.6 Å². The molecule has 0 bridgehead atoms. The number of H-pyrrole nitrogens is 1. The maximum atomic E-state index is 12.1. The molecule has 0 saturated heterocycles. The Bertz CT molecular complexity index is 408. The van der Waals surface area contributed by atoms with Crippen LogP contribution in [0.25, 0.3) is 0 Å². The normalized spacial score (nSPS) is 16.4. The smallest absolute Gasteiger partial charge is 0.270 e. The van der Waals surface area contributed by atoms with Crippen molar-refractivity contribution in [2.75, 3.05) is 0 Å².